The van der Waals surface area contributed by atoms with E-state index in [9.17, 15) is 12.8 Å². The van der Waals surface area contributed by atoms with E-state index in [2.05, 4.69) is 20.7 Å². The van der Waals surface area contributed by atoms with Gasteiger partial charge in [-0.2, -0.15) is 0 Å². The van der Waals surface area contributed by atoms with Gasteiger partial charge < -0.3 is 0 Å². The molecular weight excluding hydrogens is 369 g/mol. The lowest BCUT2D eigenvalue weighted by Crippen LogP contribution is -2.41. The zero-order valence-corrected chi connectivity index (χ0v) is 14.7. The molecule has 0 aliphatic heterocycles. The highest BCUT2D eigenvalue weighted by molar-refractivity contribution is 9.10. The normalized spacial score (nSPS) is 12.4. The fourth-order valence-corrected chi connectivity index (χ4v) is 4.05. The zero-order chi connectivity index (χ0) is 16.4. The van der Waals surface area contributed by atoms with E-state index >= 15 is 0 Å². The minimum atomic E-state index is -3.67. The number of nitrogens with one attached hydrogen (secondary N) is 1. The molecule has 0 spiro atoms. The summed E-state index contributed by atoms with van der Waals surface area (Å²) in [4.78, 5) is 0. The Kier molecular flexibility index (Phi) is 5.04. The second-order valence-corrected chi connectivity index (χ2v) is 8.22. The van der Waals surface area contributed by atoms with Crippen molar-refractivity contribution in [1.29, 1.82) is 0 Å². The highest BCUT2D eigenvalue weighted by Crippen LogP contribution is 2.24. The molecule has 3 nitrogen and oxygen atoms in total. The summed E-state index contributed by atoms with van der Waals surface area (Å²) in [5.74, 6) is -0.908. The van der Waals surface area contributed by atoms with Crippen LogP contribution in [-0.4, -0.2) is 8.42 Å². The average Bonchev–Trinajstić information content (AvgIpc) is 2.40. The Labute approximate surface area is 138 Å². The molecule has 0 unspecified atom stereocenters. The van der Waals surface area contributed by atoms with Crippen LogP contribution in [-0.2, 0) is 21.3 Å². The zero-order valence-electron chi connectivity index (χ0n) is 12.3. The van der Waals surface area contributed by atoms with E-state index in [1.165, 1.54) is 18.2 Å². The lowest BCUT2D eigenvalue weighted by Gasteiger charge is -2.26. The van der Waals surface area contributed by atoms with Crippen LogP contribution in [0.3, 0.4) is 0 Å². The monoisotopic (exact) mass is 385 g/mol. The summed E-state index contributed by atoms with van der Waals surface area (Å²) in [6.45, 7) is 3.55. The quantitative estimate of drug-likeness (QED) is 0.846. The second kappa shape index (κ2) is 6.48. The van der Waals surface area contributed by atoms with Gasteiger partial charge in [-0.25, -0.2) is 17.5 Å². The molecule has 0 saturated carbocycles. The van der Waals surface area contributed by atoms with Gasteiger partial charge in [0.1, 0.15) is 5.82 Å². The fraction of sp³-hybridized carbons (Fsp3) is 0.250. The van der Waals surface area contributed by atoms with Gasteiger partial charge in [0, 0.05) is 10.0 Å². The number of halogens is 2. The molecule has 0 saturated heterocycles. The Morgan fingerprint density at radius 3 is 2.27 bits per heavy atom. The molecule has 0 amide bonds. The first-order valence-corrected chi connectivity index (χ1v) is 9.15. The van der Waals surface area contributed by atoms with E-state index in [0.717, 1.165) is 10.0 Å². The van der Waals surface area contributed by atoms with Gasteiger partial charge in [0.15, 0.2) is 0 Å². The molecule has 0 atom stereocenters. The molecule has 118 valence electrons. The molecule has 22 heavy (non-hydrogen) atoms. The molecule has 2 aromatic rings. The predicted molar refractivity (Wildman–Crippen MR) is 89.3 cm³/mol. The van der Waals surface area contributed by atoms with Crippen molar-refractivity contribution in [2.24, 2.45) is 0 Å². The number of benzene rings is 2. The summed E-state index contributed by atoms with van der Waals surface area (Å²) in [5, 5.41) is 0. The minimum absolute atomic E-state index is 0.154. The van der Waals surface area contributed by atoms with Crippen molar-refractivity contribution >= 4 is 26.0 Å². The third-order valence-electron chi connectivity index (χ3n) is 3.28. The molecule has 0 bridgehead atoms. The molecule has 1 N–H and O–H groups in total. The highest BCUT2D eigenvalue weighted by Gasteiger charge is 2.27. The summed E-state index contributed by atoms with van der Waals surface area (Å²) in [5.41, 5.74) is 0.194. The average molecular weight is 386 g/mol. The van der Waals surface area contributed by atoms with Crippen LogP contribution >= 0.6 is 15.9 Å². The first-order chi connectivity index (χ1) is 10.2. The van der Waals surface area contributed by atoms with E-state index in [1.54, 1.807) is 19.9 Å². The van der Waals surface area contributed by atoms with Crippen LogP contribution in [0.5, 0.6) is 0 Å². The van der Waals surface area contributed by atoms with Gasteiger partial charge in [-0.1, -0.05) is 46.3 Å². The molecule has 2 aromatic carbocycles. The summed E-state index contributed by atoms with van der Waals surface area (Å²) in [6, 6.07) is 13.3. The first kappa shape index (κ1) is 17.1. The maximum Gasteiger partial charge on any atom is 0.216 e. The maximum absolute atomic E-state index is 13.6. The van der Waals surface area contributed by atoms with E-state index < -0.39 is 21.4 Å². The molecule has 0 heterocycles. The SMILES string of the molecule is CC(C)(NS(=O)(=O)Cc1ccccc1F)c1ccc(Br)cc1. The van der Waals surface area contributed by atoms with Crippen molar-refractivity contribution in [3.05, 3.63) is 69.9 Å². The number of hydrogen-bond acceptors (Lipinski definition) is 2. The van der Waals surface area contributed by atoms with E-state index in [4.69, 9.17) is 0 Å². The molecule has 0 aromatic heterocycles. The maximum atomic E-state index is 13.6. The Morgan fingerprint density at radius 2 is 1.68 bits per heavy atom. The van der Waals surface area contributed by atoms with E-state index in [0.29, 0.717) is 0 Å². The van der Waals surface area contributed by atoms with Gasteiger partial charge in [0.2, 0.25) is 10.0 Å². The van der Waals surface area contributed by atoms with Gasteiger partial charge in [-0.3, -0.25) is 0 Å². The van der Waals surface area contributed by atoms with Crippen LogP contribution in [0.15, 0.2) is 53.0 Å². The molecular formula is C16H17BrFNO2S. The Hall–Kier alpha value is -1.24. The second-order valence-electron chi connectivity index (χ2n) is 5.58. The van der Waals surface area contributed by atoms with Gasteiger partial charge in [-0.05, 0) is 37.6 Å². The molecule has 0 fully saturated rings. The van der Waals surface area contributed by atoms with E-state index in [-0.39, 0.29) is 11.3 Å². The third kappa shape index (κ3) is 4.38. The summed E-state index contributed by atoms with van der Waals surface area (Å²) in [7, 11) is -3.67. The highest BCUT2D eigenvalue weighted by atomic mass is 79.9. The summed E-state index contributed by atoms with van der Waals surface area (Å²) >= 11 is 3.35. The Bertz CT molecular complexity index is 758. The predicted octanol–water partition coefficient (Wildman–Crippen LogP) is 3.94. The van der Waals surface area contributed by atoms with Gasteiger partial charge in [0.05, 0.1) is 11.3 Å². The Balaban J connectivity index is 2.20. The van der Waals surface area contributed by atoms with Crippen molar-refractivity contribution in [2.75, 3.05) is 0 Å². The molecule has 0 radical (unpaired) electrons. The van der Waals surface area contributed by atoms with Crippen LogP contribution in [0.25, 0.3) is 0 Å². The molecule has 0 aliphatic carbocycles. The molecule has 0 aliphatic rings. The lowest BCUT2D eigenvalue weighted by atomic mass is 9.96. The van der Waals surface area contributed by atoms with Crippen LogP contribution in [0.1, 0.15) is 25.0 Å². The summed E-state index contributed by atoms with van der Waals surface area (Å²) < 4.78 is 41.8. The van der Waals surface area contributed by atoms with Gasteiger partial charge in [0.25, 0.3) is 0 Å². The first-order valence-electron chi connectivity index (χ1n) is 6.71. The van der Waals surface area contributed by atoms with Crippen molar-refractivity contribution in [3.8, 4) is 0 Å². The lowest BCUT2D eigenvalue weighted by molar-refractivity contribution is 0.471. The van der Waals surface area contributed by atoms with Gasteiger partial charge >= 0.3 is 0 Å². The van der Waals surface area contributed by atoms with Gasteiger partial charge in [-0.15, -0.1) is 0 Å². The van der Waals surface area contributed by atoms with Crippen molar-refractivity contribution in [2.45, 2.75) is 25.1 Å². The van der Waals surface area contributed by atoms with Crippen LogP contribution in [0.2, 0.25) is 0 Å². The standard InChI is InChI=1S/C16H17BrFNO2S/c1-16(2,13-7-9-14(17)10-8-13)19-22(20,21)11-12-5-3-4-6-15(12)18/h3-10,19H,11H2,1-2H3. The van der Waals surface area contributed by atoms with Crippen molar-refractivity contribution in [3.63, 3.8) is 0 Å². The largest absolute Gasteiger partial charge is 0.216 e. The summed E-state index contributed by atoms with van der Waals surface area (Å²) in [6.07, 6.45) is 0. The number of hydrogen-bond donors (Lipinski definition) is 1. The topological polar surface area (TPSA) is 46.2 Å². The number of rotatable bonds is 5. The van der Waals surface area contributed by atoms with Crippen molar-refractivity contribution in [1.82, 2.24) is 4.72 Å². The van der Waals surface area contributed by atoms with Crippen LogP contribution < -0.4 is 4.72 Å². The smallest absolute Gasteiger partial charge is 0.212 e. The van der Waals surface area contributed by atoms with Crippen LogP contribution in [0.4, 0.5) is 4.39 Å². The molecule has 2 rings (SSSR count). The number of sulfonamides is 1. The minimum Gasteiger partial charge on any atom is -0.212 e. The molecule has 6 heteroatoms. The fourth-order valence-electron chi connectivity index (χ4n) is 2.17. The van der Waals surface area contributed by atoms with Crippen molar-refractivity contribution < 1.29 is 12.8 Å². The van der Waals surface area contributed by atoms with Crippen LogP contribution in [0, 0.1) is 5.82 Å². The Morgan fingerprint density at radius 1 is 1.09 bits per heavy atom. The third-order valence-corrected chi connectivity index (χ3v) is 5.32. The van der Waals surface area contributed by atoms with E-state index in [1.807, 2.05) is 24.3 Å².